The van der Waals surface area contributed by atoms with Crippen LogP contribution in [-0.2, 0) is 14.3 Å². The SMILES string of the molecule is CCN(CC(=O)NC(C)C)C(=O)NC(CCOC)C(=O)O. The van der Waals surface area contributed by atoms with Crippen LogP contribution in [0.3, 0.4) is 0 Å². The van der Waals surface area contributed by atoms with Gasteiger partial charge in [-0.25, -0.2) is 9.59 Å². The third-order valence-corrected chi connectivity index (χ3v) is 2.66. The number of methoxy groups -OCH3 is 1. The first-order valence-electron chi connectivity index (χ1n) is 6.88. The first kappa shape index (κ1) is 19.2. The number of urea groups is 1. The summed E-state index contributed by atoms with van der Waals surface area (Å²) in [6.07, 6.45) is 0.160. The molecule has 8 nitrogen and oxygen atoms in total. The maximum Gasteiger partial charge on any atom is 0.326 e. The molecule has 0 aromatic rings. The summed E-state index contributed by atoms with van der Waals surface area (Å²) in [6, 6.07) is -1.65. The van der Waals surface area contributed by atoms with Crippen LogP contribution in [0.1, 0.15) is 27.2 Å². The molecule has 0 aromatic carbocycles. The summed E-state index contributed by atoms with van der Waals surface area (Å²) in [5.41, 5.74) is 0. The maximum atomic E-state index is 12.0. The van der Waals surface area contributed by atoms with Crippen LogP contribution in [0.4, 0.5) is 4.79 Å². The van der Waals surface area contributed by atoms with Gasteiger partial charge >= 0.3 is 12.0 Å². The van der Waals surface area contributed by atoms with Crippen LogP contribution < -0.4 is 10.6 Å². The molecule has 0 heterocycles. The van der Waals surface area contributed by atoms with Crippen LogP contribution in [0.2, 0.25) is 0 Å². The Bertz CT molecular complexity index is 360. The number of carbonyl (C=O) groups is 3. The van der Waals surface area contributed by atoms with Crippen molar-refractivity contribution in [2.24, 2.45) is 0 Å². The average Bonchev–Trinajstić information content (AvgIpc) is 2.39. The predicted molar refractivity (Wildman–Crippen MR) is 77.0 cm³/mol. The van der Waals surface area contributed by atoms with Crippen molar-refractivity contribution in [1.82, 2.24) is 15.5 Å². The molecule has 1 atom stereocenters. The van der Waals surface area contributed by atoms with E-state index in [1.54, 1.807) is 6.92 Å². The molecule has 8 heteroatoms. The van der Waals surface area contributed by atoms with Crippen molar-refractivity contribution in [3.8, 4) is 0 Å². The monoisotopic (exact) mass is 303 g/mol. The number of hydrogen-bond donors (Lipinski definition) is 3. The number of carboxylic acid groups (broad SMARTS) is 1. The Morgan fingerprint density at radius 1 is 1.24 bits per heavy atom. The van der Waals surface area contributed by atoms with Crippen molar-refractivity contribution in [1.29, 1.82) is 0 Å². The minimum absolute atomic E-state index is 0.0206. The molecule has 0 aliphatic rings. The minimum atomic E-state index is -1.14. The Hall–Kier alpha value is -1.83. The van der Waals surface area contributed by atoms with Crippen molar-refractivity contribution in [3.63, 3.8) is 0 Å². The molecule has 0 fully saturated rings. The largest absolute Gasteiger partial charge is 0.480 e. The highest BCUT2D eigenvalue weighted by Crippen LogP contribution is 1.97. The van der Waals surface area contributed by atoms with Gasteiger partial charge in [-0.3, -0.25) is 4.79 Å². The molecule has 0 aliphatic heterocycles. The van der Waals surface area contributed by atoms with Gasteiger partial charge in [0.15, 0.2) is 0 Å². The summed E-state index contributed by atoms with van der Waals surface area (Å²) in [4.78, 5) is 36.0. The summed E-state index contributed by atoms with van der Waals surface area (Å²) >= 11 is 0. The number of amides is 3. The van der Waals surface area contributed by atoms with Gasteiger partial charge in [-0.15, -0.1) is 0 Å². The zero-order chi connectivity index (χ0) is 16.4. The Morgan fingerprint density at radius 2 is 1.86 bits per heavy atom. The number of ether oxygens (including phenoxy) is 1. The van der Waals surface area contributed by atoms with E-state index in [1.807, 2.05) is 13.8 Å². The lowest BCUT2D eigenvalue weighted by atomic mass is 10.2. The Labute approximate surface area is 124 Å². The lowest BCUT2D eigenvalue weighted by Gasteiger charge is -2.24. The molecule has 0 rings (SSSR count). The molecular formula is C13H25N3O5. The number of nitrogens with zero attached hydrogens (tertiary/aromatic N) is 1. The Balaban J connectivity index is 4.54. The first-order chi connectivity index (χ1) is 9.81. The topological polar surface area (TPSA) is 108 Å². The number of carboxylic acids is 1. The Morgan fingerprint density at radius 3 is 2.29 bits per heavy atom. The molecule has 0 saturated heterocycles. The first-order valence-corrected chi connectivity index (χ1v) is 6.88. The van der Waals surface area contributed by atoms with Crippen molar-refractivity contribution >= 4 is 17.9 Å². The van der Waals surface area contributed by atoms with E-state index in [-0.39, 0.29) is 31.5 Å². The van der Waals surface area contributed by atoms with Gasteiger partial charge in [-0.2, -0.15) is 0 Å². The normalized spacial score (nSPS) is 11.9. The number of carbonyl (C=O) groups excluding carboxylic acids is 2. The van der Waals surface area contributed by atoms with Crippen molar-refractivity contribution in [3.05, 3.63) is 0 Å². The fourth-order valence-corrected chi connectivity index (χ4v) is 1.60. The highest BCUT2D eigenvalue weighted by molar-refractivity contribution is 5.86. The van der Waals surface area contributed by atoms with E-state index in [1.165, 1.54) is 12.0 Å². The van der Waals surface area contributed by atoms with E-state index >= 15 is 0 Å². The van der Waals surface area contributed by atoms with Crippen molar-refractivity contribution < 1.29 is 24.2 Å². The molecule has 21 heavy (non-hydrogen) atoms. The summed E-state index contributed by atoms with van der Waals surface area (Å²) in [5.74, 6) is -1.42. The van der Waals surface area contributed by atoms with Gasteiger partial charge in [0.25, 0.3) is 0 Å². The molecule has 0 spiro atoms. The molecule has 0 aromatic heterocycles. The number of likely N-dealkylation sites (N-methyl/N-ethyl adjacent to an activating group) is 1. The molecule has 3 N–H and O–H groups in total. The highest BCUT2D eigenvalue weighted by Gasteiger charge is 2.23. The number of nitrogens with one attached hydrogen (secondary N) is 2. The standard InChI is InChI=1S/C13H25N3O5/c1-5-16(8-11(17)14-9(2)3)13(20)15-10(12(18)19)6-7-21-4/h9-10H,5-8H2,1-4H3,(H,14,17)(H,15,20)(H,18,19). The van der Waals surface area contributed by atoms with E-state index in [2.05, 4.69) is 10.6 Å². The molecule has 122 valence electrons. The van der Waals surface area contributed by atoms with E-state index in [0.29, 0.717) is 6.54 Å². The lowest BCUT2D eigenvalue weighted by Crippen LogP contribution is -2.51. The van der Waals surface area contributed by atoms with Crippen LogP contribution in [0.5, 0.6) is 0 Å². The number of rotatable bonds is 9. The van der Waals surface area contributed by atoms with Gasteiger partial charge in [-0.05, 0) is 20.8 Å². The Kier molecular flexibility index (Phi) is 9.11. The second kappa shape index (κ2) is 9.98. The van der Waals surface area contributed by atoms with Crippen LogP contribution in [-0.4, -0.2) is 66.8 Å². The lowest BCUT2D eigenvalue weighted by molar-refractivity contribution is -0.139. The predicted octanol–water partition coefficient (Wildman–Crippen LogP) is 0.0322. The number of hydrogen-bond acceptors (Lipinski definition) is 4. The summed E-state index contributed by atoms with van der Waals surface area (Å²) in [7, 11) is 1.45. The van der Waals surface area contributed by atoms with Gasteiger partial charge in [0, 0.05) is 32.7 Å². The van der Waals surface area contributed by atoms with Gasteiger partial charge in [0.05, 0.1) is 0 Å². The third kappa shape index (κ3) is 8.13. The van der Waals surface area contributed by atoms with Gasteiger partial charge < -0.3 is 25.4 Å². The average molecular weight is 303 g/mol. The van der Waals surface area contributed by atoms with Crippen LogP contribution in [0.25, 0.3) is 0 Å². The van der Waals surface area contributed by atoms with Gasteiger partial charge in [0.1, 0.15) is 12.6 Å². The second-order valence-electron chi connectivity index (χ2n) is 4.86. The van der Waals surface area contributed by atoms with E-state index in [9.17, 15) is 14.4 Å². The van der Waals surface area contributed by atoms with Crippen molar-refractivity contribution in [2.75, 3.05) is 26.8 Å². The van der Waals surface area contributed by atoms with Gasteiger partial charge in [0.2, 0.25) is 5.91 Å². The molecule has 1 unspecified atom stereocenters. The highest BCUT2D eigenvalue weighted by atomic mass is 16.5. The quantitative estimate of drug-likeness (QED) is 0.557. The third-order valence-electron chi connectivity index (χ3n) is 2.66. The molecular weight excluding hydrogens is 278 g/mol. The van der Waals surface area contributed by atoms with Gasteiger partial charge in [-0.1, -0.05) is 0 Å². The van der Waals surface area contributed by atoms with Crippen LogP contribution >= 0.6 is 0 Å². The van der Waals surface area contributed by atoms with Crippen molar-refractivity contribution in [2.45, 2.75) is 39.3 Å². The number of aliphatic carboxylic acids is 1. The van der Waals surface area contributed by atoms with Crippen LogP contribution in [0.15, 0.2) is 0 Å². The summed E-state index contributed by atoms with van der Waals surface area (Å²) in [6.45, 7) is 5.76. The molecule has 0 bridgehead atoms. The van der Waals surface area contributed by atoms with E-state index in [0.717, 1.165) is 0 Å². The summed E-state index contributed by atoms with van der Waals surface area (Å²) in [5, 5.41) is 14.1. The fraction of sp³-hybridized carbons (Fsp3) is 0.769. The fourth-order valence-electron chi connectivity index (χ4n) is 1.60. The minimum Gasteiger partial charge on any atom is -0.480 e. The maximum absolute atomic E-state index is 12.0. The van der Waals surface area contributed by atoms with Crippen LogP contribution in [0, 0.1) is 0 Å². The zero-order valence-electron chi connectivity index (χ0n) is 13.0. The smallest absolute Gasteiger partial charge is 0.326 e. The van der Waals surface area contributed by atoms with E-state index < -0.39 is 18.0 Å². The molecule has 0 aliphatic carbocycles. The zero-order valence-corrected chi connectivity index (χ0v) is 13.0. The summed E-state index contributed by atoms with van der Waals surface area (Å²) < 4.78 is 4.81. The second-order valence-corrected chi connectivity index (χ2v) is 4.86. The molecule has 3 amide bonds. The van der Waals surface area contributed by atoms with E-state index in [4.69, 9.17) is 9.84 Å². The molecule has 0 saturated carbocycles. The molecule has 0 radical (unpaired) electrons.